The lowest BCUT2D eigenvalue weighted by atomic mass is 9.95. The molecular weight excluding hydrogens is 206 g/mol. The van der Waals surface area contributed by atoms with Gasteiger partial charge in [0.25, 0.3) is 0 Å². The van der Waals surface area contributed by atoms with Crippen molar-refractivity contribution in [2.75, 3.05) is 0 Å². The number of hydrogen-bond donors (Lipinski definition) is 1. The molecule has 4 heteroatoms. The van der Waals surface area contributed by atoms with E-state index in [0.29, 0.717) is 5.82 Å². The minimum Gasteiger partial charge on any atom is -0.340 e. The van der Waals surface area contributed by atoms with E-state index in [2.05, 4.69) is 16.0 Å². The number of imidazole rings is 1. The number of thiophene rings is 1. The summed E-state index contributed by atoms with van der Waals surface area (Å²) >= 11 is 1.65. The number of nitrogens with one attached hydrogen (secondary N) is 1. The topological polar surface area (TPSA) is 52.5 Å². The molecule has 0 aliphatic rings. The van der Waals surface area contributed by atoms with Crippen LogP contribution in [0.2, 0.25) is 0 Å². The van der Waals surface area contributed by atoms with Gasteiger partial charge in [-0.2, -0.15) is 5.26 Å². The van der Waals surface area contributed by atoms with Crippen molar-refractivity contribution in [1.29, 1.82) is 5.26 Å². The Kier molecular flexibility index (Phi) is 2.33. The van der Waals surface area contributed by atoms with Gasteiger partial charge < -0.3 is 4.98 Å². The van der Waals surface area contributed by atoms with Gasteiger partial charge in [-0.15, -0.1) is 11.3 Å². The second kappa shape index (κ2) is 3.52. The first-order valence-electron chi connectivity index (χ1n) is 4.64. The van der Waals surface area contributed by atoms with E-state index in [1.54, 1.807) is 17.5 Å². The number of H-pyrrole nitrogens is 1. The molecule has 0 atom stereocenters. The number of nitriles is 1. The van der Waals surface area contributed by atoms with Crippen LogP contribution in [-0.4, -0.2) is 9.97 Å². The van der Waals surface area contributed by atoms with Crippen LogP contribution in [0.15, 0.2) is 23.7 Å². The molecule has 15 heavy (non-hydrogen) atoms. The maximum Gasteiger partial charge on any atom is 0.126 e. The van der Waals surface area contributed by atoms with E-state index >= 15 is 0 Å². The van der Waals surface area contributed by atoms with Crippen molar-refractivity contribution in [3.8, 4) is 16.6 Å². The third kappa shape index (κ3) is 1.79. The van der Waals surface area contributed by atoms with Crippen LogP contribution < -0.4 is 0 Å². The second-order valence-corrected chi connectivity index (χ2v) is 4.81. The van der Waals surface area contributed by atoms with Crippen LogP contribution >= 0.6 is 11.3 Å². The summed E-state index contributed by atoms with van der Waals surface area (Å²) in [5, 5.41) is 11.0. The Morgan fingerprint density at radius 3 is 2.93 bits per heavy atom. The molecule has 0 aromatic carbocycles. The number of rotatable bonds is 2. The van der Waals surface area contributed by atoms with Gasteiger partial charge in [-0.25, -0.2) is 4.98 Å². The fraction of sp³-hybridized carbons (Fsp3) is 0.273. The highest BCUT2D eigenvalue weighted by atomic mass is 32.1. The Bertz CT molecular complexity index is 488. The van der Waals surface area contributed by atoms with Gasteiger partial charge in [0.2, 0.25) is 0 Å². The zero-order valence-electron chi connectivity index (χ0n) is 8.61. The molecular formula is C11H11N3S. The first-order valence-corrected chi connectivity index (χ1v) is 5.52. The Morgan fingerprint density at radius 2 is 2.33 bits per heavy atom. The SMILES string of the molecule is CC(C)(C#N)c1ncc(-c2cccs2)[nH]1. The fourth-order valence-corrected chi connectivity index (χ4v) is 1.94. The molecule has 0 fully saturated rings. The highest BCUT2D eigenvalue weighted by molar-refractivity contribution is 7.13. The van der Waals surface area contributed by atoms with Gasteiger partial charge in [0, 0.05) is 0 Å². The summed E-state index contributed by atoms with van der Waals surface area (Å²) < 4.78 is 0. The number of aromatic nitrogens is 2. The van der Waals surface area contributed by atoms with E-state index < -0.39 is 5.41 Å². The second-order valence-electron chi connectivity index (χ2n) is 3.86. The molecule has 1 N–H and O–H groups in total. The molecule has 0 saturated heterocycles. The Morgan fingerprint density at radius 1 is 1.53 bits per heavy atom. The van der Waals surface area contributed by atoms with Crippen LogP contribution in [0.4, 0.5) is 0 Å². The summed E-state index contributed by atoms with van der Waals surface area (Å²) in [5.74, 6) is 0.716. The van der Waals surface area contributed by atoms with Crippen molar-refractivity contribution in [3.05, 3.63) is 29.5 Å². The molecule has 0 aliphatic heterocycles. The lowest BCUT2D eigenvalue weighted by molar-refractivity contribution is 0.640. The third-order valence-electron chi connectivity index (χ3n) is 2.23. The highest BCUT2D eigenvalue weighted by Crippen LogP contribution is 2.26. The molecule has 2 aromatic rings. The highest BCUT2D eigenvalue weighted by Gasteiger charge is 2.23. The van der Waals surface area contributed by atoms with Crippen LogP contribution in [0, 0.1) is 11.3 Å². The van der Waals surface area contributed by atoms with E-state index in [1.165, 1.54) is 0 Å². The van der Waals surface area contributed by atoms with Gasteiger partial charge in [-0.3, -0.25) is 0 Å². The summed E-state index contributed by atoms with van der Waals surface area (Å²) in [6, 6.07) is 6.25. The van der Waals surface area contributed by atoms with Crippen molar-refractivity contribution < 1.29 is 0 Å². The predicted octanol–water partition coefficient (Wildman–Crippen LogP) is 2.94. The van der Waals surface area contributed by atoms with E-state index in [9.17, 15) is 0 Å². The van der Waals surface area contributed by atoms with Crippen molar-refractivity contribution >= 4 is 11.3 Å². The molecule has 0 radical (unpaired) electrons. The largest absolute Gasteiger partial charge is 0.340 e. The van der Waals surface area contributed by atoms with Gasteiger partial charge >= 0.3 is 0 Å². The van der Waals surface area contributed by atoms with Gasteiger partial charge in [0.15, 0.2) is 0 Å². The zero-order chi connectivity index (χ0) is 10.9. The van der Waals surface area contributed by atoms with Crippen molar-refractivity contribution in [1.82, 2.24) is 9.97 Å². The molecule has 0 aliphatic carbocycles. The smallest absolute Gasteiger partial charge is 0.126 e. The third-order valence-corrected chi connectivity index (χ3v) is 3.14. The molecule has 0 spiro atoms. The first kappa shape index (κ1) is 9.94. The van der Waals surface area contributed by atoms with Crippen LogP contribution in [0.5, 0.6) is 0 Å². The Balaban J connectivity index is 2.38. The Labute approximate surface area is 92.4 Å². The molecule has 0 amide bonds. The van der Waals surface area contributed by atoms with Gasteiger partial charge in [0.1, 0.15) is 11.2 Å². The molecule has 2 aromatic heterocycles. The fourth-order valence-electron chi connectivity index (χ4n) is 1.25. The number of hydrogen-bond acceptors (Lipinski definition) is 3. The Hall–Kier alpha value is -1.60. The summed E-state index contributed by atoms with van der Waals surface area (Å²) in [5.41, 5.74) is 0.415. The van der Waals surface area contributed by atoms with E-state index in [4.69, 9.17) is 5.26 Å². The van der Waals surface area contributed by atoms with Crippen LogP contribution in [0.1, 0.15) is 19.7 Å². The first-order chi connectivity index (χ1) is 7.13. The van der Waals surface area contributed by atoms with Crippen molar-refractivity contribution in [3.63, 3.8) is 0 Å². The number of aromatic amines is 1. The van der Waals surface area contributed by atoms with Crippen molar-refractivity contribution in [2.45, 2.75) is 19.3 Å². The molecule has 3 nitrogen and oxygen atoms in total. The van der Waals surface area contributed by atoms with Crippen LogP contribution in [0.3, 0.4) is 0 Å². The monoisotopic (exact) mass is 217 g/mol. The maximum atomic E-state index is 8.98. The van der Waals surface area contributed by atoms with Crippen LogP contribution in [-0.2, 0) is 5.41 Å². The van der Waals surface area contributed by atoms with Crippen molar-refractivity contribution in [2.24, 2.45) is 0 Å². The summed E-state index contributed by atoms with van der Waals surface area (Å²) in [6.45, 7) is 3.70. The van der Waals surface area contributed by atoms with Gasteiger partial charge in [-0.1, -0.05) is 6.07 Å². The molecule has 2 rings (SSSR count). The zero-order valence-corrected chi connectivity index (χ0v) is 9.43. The lowest BCUT2D eigenvalue weighted by Gasteiger charge is -2.10. The summed E-state index contributed by atoms with van der Waals surface area (Å²) in [4.78, 5) is 8.57. The lowest BCUT2D eigenvalue weighted by Crippen LogP contribution is -2.15. The van der Waals surface area contributed by atoms with E-state index in [-0.39, 0.29) is 0 Å². The predicted molar refractivity (Wildman–Crippen MR) is 60.5 cm³/mol. The molecule has 0 saturated carbocycles. The van der Waals surface area contributed by atoms with Gasteiger partial charge in [-0.05, 0) is 25.3 Å². The minimum atomic E-state index is -0.560. The quantitative estimate of drug-likeness (QED) is 0.840. The normalized spacial score (nSPS) is 11.3. The maximum absolute atomic E-state index is 8.98. The average molecular weight is 217 g/mol. The van der Waals surface area contributed by atoms with Gasteiger partial charge in [0.05, 0.1) is 22.8 Å². The average Bonchev–Trinajstić information content (AvgIpc) is 2.88. The van der Waals surface area contributed by atoms with E-state index in [0.717, 1.165) is 10.6 Å². The van der Waals surface area contributed by atoms with Crippen LogP contribution in [0.25, 0.3) is 10.6 Å². The molecule has 2 heterocycles. The standard InChI is InChI=1S/C11H11N3S/c1-11(2,7-12)10-13-6-8(14-10)9-4-3-5-15-9/h3-6H,1-2H3,(H,13,14). The molecule has 0 bridgehead atoms. The summed E-state index contributed by atoms with van der Waals surface area (Å²) in [6.07, 6.45) is 1.78. The molecule has 76 valence electrons. The minimum absolute atomic E-state index is 0.560. The van der Waals surface area contributed by atoms with E-state index in [1.807, 2.05) is 31.4 Å². The summed E-state index contributed by atoms with van der Waals surface area (Å²) in [7, 11) is 0. The molecule has 0 unspecified atom stereocenters. The number of nitrogens with zero attached hydrogens (tertiary/aromatic N) is 2.